The number of carbonyl (C=O) groups excluding carboxylic acids is 2. The van der Waals surface area contributed by atoms with Crippen LogP contribution in [-0.2, 0) is 14.3 Å². The number of Topliss-reactive ketones (excluding diaryl/α,β-unsaturated/α-hetero) is 2. The van der Waals surface area contributed by atoms with Gasteiger partial charge in [0.15, 0.2) is 11.6 Å². The standard InChI is InChI=1S/C25H23NO3/c1-12-8-13(2)19(14(3)9-12)21-23(27)20-18-10-17(25(29-18)22(20)24(21)28)16-6-4-15(11-26)5-7-16/h4-9,17-18,20-22,25H,10H2,1-3H3/t17-,18-,20-,21?,22+,25+/m0/s1. The highest BCUT2D eigenvalue weighted by atomic mass is 16.5. The Morgan fingerprint density at radius 2 is 1.59 bits per heavy atom. The van der Waals surface area contributed by atoms with E-state index in [0.29, 0.717) is 5.56 Å². The van der Waals surface area contributed by atoms with E-state index in [2.05, 4.69) is 18.2 Å². The third-order valence-corrected chi connectivity index (χ3v) is 7.08. The van der Waals surface area contributed by atoms with Crippen molar-refractivity contribution in [3.05, 3.63) is 69.8 Å². The smallest absolute Gasteiger partial charge is 0.154 e. The van der Waals surface area contributed by atoms with Gasteiger partial charge in [-0.25, -0.2) is 0 Å². The van der Waals surface area contributed by atoms with Gasteiger partial charge in [0, 0.05) is 5.92 Å². The molecule has 2 heterocycles. The maximum Gasteiger partial charge on any atom is 0.154 e. The summed E-state index contributed by atoms with van der Waals surface area (Å²) in [5, 5.41) is 9.03. The van der Waals surface area contributed by atoms with Gasteiger partial charge in [0.1, 0.15) is 5.92 Å². The minimum absolute atomic E-state index is 0.0286. The first kappa shape index (κ1) is 18.3. The van der Waals surface area contributed by atoms with Crippen LogP contribution in [0.2, 0.25) is 0 Å². The fourth-order valence-corrected chi connectivity index (χ4v) is 6.02. The lowest BCUT2D eigenvalue weighted by Crippen LogP contribution is -2.34. The van der Waals surface area contributed by atoms with Crippen molar-refractivity contribution in [1.29, 1.82) is 5.26 Å². The van der Waals surface area contributed by atoms with Crippen LogP contribution in [0.3, 0.4) is 0 Å². The highest BCUT2D eigenvalue weighted by Gasteiger charge is 2.66. The Balaban J connectivity index is 1.50. The van der Waals surface area contributed by atoms with Gasteiger partial charge in [0.05, 0.1) is 35.7 Å². The maximum absolute atomic E-state index is 13.5. The maximum atomic E-state index is 13.5. The van der Waals surface area contributed by atoms with Gasteiger partial charge >= 0.3 is 0 Å². The molecule has 2 aromatic carbocycles. The lowest BCUT2D eigenvalue weighted by molar-refractivity contribution is -0.127. The Labute approximate surface area is 170 Å². The van der Waals surface area contributed by atoms with Gasteiger partial charge in [0.2, 0.25) is 0 Å². The van der Waals surface area contributed by atoms with Crippen molar-refractivity contribution in [3.63, 3.8) is 0 Å². The number of benzene rings is 2. The molecule has 4 nitrogen and oxygen atoms in total. The van der Waals surface area contributed by atoms with Crippen LogP contribution in [0.1, 0.15) is 51.6 Å². The first-order chi connectivity index (χ1) is 13.9. The molecule has 1 saturated carbocycles. The predicted octanol–water partition coefficient (Wildman–Crippen LogP) is 3.91. The zero-order valence-electron chi connectivity index (χ0n) is 16.8. The topological polar surface area (TPSA) is 67.2 Å². The van der Waals surface area contributed by atoms with Crippen LogP contribution in [0, 0.1) is 43.9 Å². The summed E-state index contributed by atoms with van der Waals surface area (Å²) in [5.74, 6) is -1.15. The largest absolute Gasteiger partial charge is 0.373 e. The number of nitrogens with zero attached hydrogens (tertiary/aromatic N) is 1. The Kier molecular flexibility index (Phi) is 4.01. The van der Waals surface area contributed by atoms with Crippen LogP contribution in [0.15, 0.2) is 36.4 Å². The second-order valence-corrected chi connectivity index (χ2v) is 8.82. The van der Waals surface area contributed by atoms with E-state index < -0.39 is 5.92 Å². The summed E-state index contributed by atoms with van der Waals surface area (Å²) in [5.41, 5.74) is 5.78. The van der Waals surface area contributed by atoms with E-state index in [1.54, 1.807) is 0 Å². The van der Waals surface area contributed by atoms with E-state index in [1.807, 2.05) is 45.0 Å². The van der Waals surface area contributed by atoms with Crippen molar-refractivity contribution < 1.29 is 14.3 Å². The SMILES string of the molecule is Cc1cc(C)c(C2C(=O)[C@@H]3[C@@H]4O[C@@H](C[C@H]4c4ccc(C#N)cc4)[C@@H]3C2=O)c(C)c1. The summed E-state index contributed by atoms with van der Waals surface area (Å²) >= 11 is 0. The van der Waals surface area contributed by atoms with Crippen molar-refractivity contribution in [2.75, 3.05) is 0 Å². The van der Waals surface area contributed by atoms with E-state index in [4.69, 9.17) is 10.00 Å². The number of ketones is 2. The molecule has 2 saturated heterocycles. The highest BCUT2D eigenvalue weighted by Crippen LogP contribution is 2.57. The zero-order valence-corrected chi connectivity index (χ0v) is 16.8. The molecule has 1 aliphatic carbocycles. The fraction of sp³-hybridized carbons (Fsp3) is 0.400. The molecule has 0 radical (unpaired) electrons. The van der Waals surface area contributed by atoms with Crippen molar-refractivity contribution in [2.45, 2.75) is 51.2 Å². The van der Waals surface area contributed by atoms with Gasteiger partial charge in [-0.2, -0.15) is 5.26 Å². The van der Waals surface area contributed by atoms with Crippen molar-refractivity contribution >= 4 is 11.6 Å². The number of carbonyl (C=O) groups is 2. The summed E-state index contributed by atoms with van der Waals surface area (Å²) in [6.45, 7) is 6.02. The van der Waals surface area contributed by atoms with Gasteiger partial charge in [0.25, 0.3) is 0 Å². The highest BCUT2D eigenvalue weighted by molar-refractivity contribution is 6.17. The Morgan fingerprint density at radius 1 is 0.966 bits per heavy atom. The van der Waals surface area contributed by atoms with Crippen LogP contribution in [-0.4, -0.2) is 23.8 Å². The van der Waals surface area contributed by atoms with Gasteiger partial charge < -0.3 is 4.74 Å². The molecule has 146 valence electrons. The molecule has 0 spiro atoms. The summed E-state index contributed by atoms with van der Waals surface area (Å²) in [6, 6.07) is 13.8. The monoisotopic (exact) mass is 385 g/mol. The van der Waals surface area contributed by atoms with Gasteiger partial charge in [-0.1, -0.05) is 29.8 Å². The number of nitriles is 1. The van der Waals surface area contributed by atoms with Gasteiger partial charge in [-0.3, -0.25) is 9.59 Å². The first-order valence-corrected chi connectivity index (χ1v) is 10.2. The molecule has 4 heteroatoms. The average molecular weight is 385 g/mol. The van der Waals surface area contributed by atoms with Crippen molar-refractivity contribution in [1.82, 2.24) is 0 Å². The zero-order chi connectivity index (χ0) is 20.4. The van der Waals surface area contributed by atoms with E-state index in [9.17, 15) is 9.59 Å². The van der Waals surface area contributed by atoms with E-state index in [0.717, 1.165) is 34.2 Å². The molecule has 3 aliphatic rings. The predicted molar refractivity (Wildman–Crippen MR) is 108 cm³/mol. The van der Waals surface area contributed by atoms with Crippen LogP contribution in [0.25, 0.3) is 0 Å². The summed E-state index contributed by atoms with van der Waals surface area (Å²) < 4.78 is 6.16. The lowest BCUT2D eigenvalue weighted by atomic mass is 9.73. The quantitative estimate of drug-likeness (QED) is 0.735. The minimum Gasteiger partial charge on any atom is -0.373 e. The van der Waals surface area contributed by atoms with Crippen LogP contribution in [0.5, 0.6) is 0 Å². The van der Waals surface area contributed by atoms with Gasteiger partial charge in [-0.05, 0) is 61.6 Å². The average Bonchev–Trinajstić information content (AvgIpc) is 3.34. The fourth-order valence-electron chi connectivity index (χ4n) is 6.02. The third kappa shape index (κ3) is 2.54. The third-order valence-electron chi connectivity index (χ3n) is 7.08. The number of aryl methyl sites for hydroxylation is 3. The van der Waals surface area contributed by atoms with Gasteiger partial charge in [-0.15, -0.1) is 0 Å². The molecular weight excluding hydrogens is 362 g/mol. The first-order valence-electron chi connectivity index (χ1n) is 10.2. The molecule has 0 aromatic heterocycles. The van der Waals surface area contributed by atoms with Crippen LogP contribution >= 0.6 is 0 Å². The van der Waals surface area contributed by atoms with E-state index in [-0.39, 0.29) is 41.5 Å². The van der Waals surface area contributed by atoms with Crippen LogP contribution < -0.4 is 0 Å². The molecule has 0 N–H and O–H groups in total. The number of rotatable bonds is 2. The normalized spacial score (nSPS) is 32.5. The molecule has 0 amide bonds. The number of hydrogen-bond acceptors (Lipinski definition) is 4. The Hall–Kier alpha value is -2.77. The Morgan fingerprint density at radius 3 is 2.21 bits per heavy atom. The lowest BCUT2D eigenvalue weighted by Gasteiger charge is -2.26. The summed E-state index contributed by atoms with van der Waals surface area (Å²) in [6.07, 6.45) is 0.332. The summed E-state index contributed by atoms with van der Waals surface area (Å²) in [4.78, 5) is 26.9. The number of fused-ring (bicyclic) bond motifs is 5. The van der Waals surface area contributed by atoms with E-state index in [1.165, 1.54) is 0 Å². The second kappa shape index (κ2) is 6.37. The molecule has 2 aromatic rings. The molecule has 2 aliphatic heterocycles. The number of ether oxygens (including phenoxy) is 1. The molecule has 2 bridgehead atoms. The molecular formula is C25H23NO3. The van der Waals surface area contributed by atoms with Crippen LogP contribution in [0.4, 0.5) is 0 Å². The molecule has 6 atom stereocenters. The molecule has 1 unspecified atom stereocenters. The number of hydrogen-bond donors (Lipinski definition) is 0. The summed E-state index contributed by atoms with van der Waals surface area (Å²) in [7, 11) is 0. The Bertz CT molecular complexity index is 1060. The second-order valence-electron chi connectivity index (χ2n) is 8.82. The molecule has 5 rings (SSSR count). The van der Waals surface area contributed by atoms with E-state index >= 15 is 0 Å². The van der Waals surface area contributed by atoms with Crippen molar-refractivity contribution in [2.24, 2.45) is 11.8 Å². The minimum atomic E-state index is -0.654. The molecule has 3 fully saturated rings. The van der Waals surface area contributed by atoms with Crippen molar-refractivity contribution in [3.8, 4) is 6.07 Å². The molecule has 29 heavy (non-hydrogen) atoms.